The molecule has 0 amide bonds. The normalized spacial score (nSPS) is 11.4. The maximum absolute atomic E-state index is 12.0. The number of alkyl halides is 3. The van der Waals surface area contributed by atoms with Crippen molar-refractivity contribution >= 4 is 0 Å². The van der Waals surface area contributed by atoms with Crippen molar-refractivity contribution in [2.75, 3.05) is 0 Å². The third-order valence-electron chi connectivity index (χ3n) is 2.64. The van der Waals surface area contributed by atoms with Gasteiger partial charge in [-0.3, -0.25) is 0 Å². The number of ether oxygens (including phenoxy) is 1. The fourth-order valence-corrected chi connectivity index (χ4v) is 1.99. The molecule has 0 spiro atoms. The lowest BCUT2D eigenvalue weighted by Crippen LogP contribution is -2.16. The summed E-state index contributed by atoms with van der Waals surface area (Å²) < 4.78 is 40.0. The maximum atomic E-state index is 12.0. The average molecular weight is 266 g/mol. The topological polar surface area (TPSA) is 9.23 Å². The lowest BCUT2D eigenvalue weighted by Gasteiger charge is -2.10. The van der Waals surface area contributed by atoms with Gasteiger partial charge in [0.15, 0.2) is 0 Å². The molecule has 0 aliphatic heterocycles. The molecule has 0 saturated carbocycles. The van der Waals surface area contributed by atoms with Crippen LogP contribution in [-0.4, -0.2) is 6.36 Å². The van der Waals surface area contributed by atoms with E-state index in [4.69, 9.17) is 0 Å². The van der Waals surface area contributed by atoms with Crippen LogP contribution >= 0.6 is 0 Å². The summed E-state index contributed by atoms with van der Waals surface area (Å²) in [5.74, 6) is -0.208. The minimum Gasteiger partial charge on any atom is -0.406 e. The zero-order chi connectivity index (χ0) is 14.0. The van der Waals surface area contributed by atoms with Crippen LogP contribution in [0.5, 0.6) is 5.75 Å². The van der Waals surface area contributed by atoms with Crippen molar-refractivity contribution < 1.29 is 17.9 Å². The maximum Gasteiger partial charge on any atom is 0.573 e. The largest absolute Gasteiger partial charge is 0.573 e. The standard InChI is InChI=1S/C15H13F3O/c1-10-7-11(2)9-13(8-10)12-3-5-14(6-4-12)19-15(16,17)18/h3-9H,1-2H3. The van der Waals surface area contributed by atoms with E-state index in [0.717, 1.165) is 22.3 Å². The number of aryl methyl sites for hydroxylation is 2. The minimum atomic E-state index is -4.65. The van der Waals surface area contributed by atoms with Crippen LogP contribution in [0.3, 0.4) is 0 Å². The van der Waals surface area contributed by atoms with E-state index >= 15 is 0 Å². The van der Waals surface area contributed by atoms with Crippen LogP contribution in [-0.2, 0) is 0 Å². The highest BCUT2D eigenvalue weighted by molar-refractivity contribution is 5.65. The second kappa shape index (κ2) is 4.96. The molecule has 0 aliphatic carbocycles. The van der Waals surface area contributed by atoms with E-state index in [1.807, 2.05) is 32.0 Å². The Labute approximate surface area is 109 Å². The van der Waals surface area contributed by atoms with Crippen molar-refractivity contribution in [1.29, 1.82) is 0 Å². The van der Waals surface area contributed by atoms with Gasteiger partial charge in [-0.2, -0.15) is 0 Å². The Morgan fingerprint density at radius 1 is 0.789 bits per heavy atom. The molecule has 0 fully saturated rings. The quantitative estimate of drug-likeness (QED) is 0.753. The van der Waals surface area contributed by atoms with Gasteiger partial charge in [-0.25, -0.2) is 0 Å². The molecular weight excluding hydrogens is 253 g/mol. The SMILES string of the molecule is Cc1cc(C)cc(-c2ccc(OC(F)(F)F)cc2)c1. The van der Waals surface area contributed by atoms with Gasteiger partial charge in [0.05, 0.1) is 0 Å². The van der Waals surface area contributed by atoms with Gasteiger partial charge in [-0.15, -0.1) is 13.2 Å². The van der Waals surface area contributed by atoms with E-state index < -0.39 is 6.36 Å². The van der Waals surface area contributed by atoms with Gasteiger partial charge in [-0.1, -0.05) is 41.5 Å². The van der Waals surface area contributed by atoms with Gasteiger partial charge < -0.3 is 4.74 Å². The smallest absolute Gasteiger partial charge is 0.406 e. The van der Waals surface area contributed by atoms with Gasteiger partial charge in [0, 0.05) is 0 Å². The monoisotopic (exact) mass is 266 g/mol. The highest BCUT2D eigenvalue weighted by atomic mass is 19.4. The van der Waals surface area contributed by atoms with Crippen molar-refractivity contribution in [2.24, 2.45) is 0 Å². The predicted molar refractivity (Wildman–Crippen MR) is 68.0 cm³/mol. The summed E-state index contributed by atoms with van der Waals surface area (Å²) in [4.78, 5) is 0. The first-order chi connectivity index (χ1) is 8.83. The zero-order valence-corrected chi connectivity index (χ0v) is 10.6. The Balaban J connectivity index is 2.27. The number of rotatable bonds is 2. The highest BCUT2D eigenvalue weighted by Crippen LogP contribution is 2.27. The van der Waals surface area contributed by atoms with E-state index in [9.17, 15) is 13.2 Å². The Hall–Kier alpha value is -1.97. The summed E-state index contributed by atoms with van der Waals surface area (Å²) >= 11 is 0. The molecule has 2 rings (SSSR count). The van der Waals surface area contributed by atoms with Gasteiger partial charge in [0.1, 0.15) is 5.75 Å². The van der Waals surface area contributed by atoms with Crippen LogP contribution in [0.25, 0.3) is 11.1 Å². The van der Waals surface area contributed by atoms with Gasteiger partial charge in [-0.05, 0) is 37.1 Å². The highest BCUT2D eigenvalue weighted by Gasteiger charge is 2.30. The molecule has 19 heavy (non-hydrogen) atoms. The third-order valence-corrected chi connectivity index (χ3v) is 2.64. The second-order valence-electron chi connectivity index (χ2n) is 4.45. The predicted octanol–water partition coefficient (Wildman–Crippen LogP) is 4.87. The fraction of sp³-hybridized carbons (Fsp3) is 0.200. The van der Waals surface area contributed by atoms with Crippen LogP contribution in [0, 0.1) is 13.8 Å². The second-order valence-corrected chi connectivity index (χ2v) is 4.45. The van der Waals surface area contributed by atoms with Crippen molar-refractivity contribution in [3.63, 3.8) is 0 Å². The van der Waals surface area contributed by atoms with E-state index in [-0.39, 0.29) is 5.75 Å². The fourth-order valence-electron chi connectivity index (χ4n) is 1.99. The summed E-state index contributed by atoms with van der Waals surface area (Å²) in [6.07, 6.45) is -4.65. The summed E-state index contributed by atoms with van der Waals surface area (Å²) in [6, 6.07) is 11.9. The molecule has 0 heterocycles. The minimum absolute atomic E-state index is 0.208. The molecule has 0 radical (unpaired) electrons. The van der Waals surface area contributed by atoms with Crippen LogP contribution in [0.1, 0.15) is 11.1 Å². The Morgan fingerprint density at radius 2 is 1.32 bits per heavy atom. The van der Waals surface area contributed by atoms with Crippen molar-refractivity contribution in [1.82, 2.24) is 0 Å². The molecule has 0 bridgehead atoms. The molecule has 2 aromatic carbocycles. The third kappa shape index (κ3) is 3.74. The number of halogens is 3. The molecule has 2 aromatic rings. The van der Waals surface area contributed by atoms with Gasteiger partial charge in [0.25, 0.3) is 0 Å². The lowest BCUT2D eigenvalue weighted by atomic mass is 10.0. The summed E-state index contributed by atoms with van der Waals surface area (Å²) in [7, 11) is 0. The first kappa shape index (κ1) is 13.5. The number of hydrogen-bond acceptors (Lipinski definition) is 1. The summed E-state index contributed by atoms with van der Waals surface area (Å²) in [6.45, 7) is 3.97. The Kier molecular flexibility index (Phi) is 3.51. The molecule has 0 atom stereocenters. The molecule has 0 aromatic heterocycles. The molecule has 0 aliphatic rings. The van der Waals surface area contributed by atoms with Crippen LogP contribution in [0.4, 0.5) is 13.2 Å². The first-order valence-electron chi connectivity index (χ1n) is 5.78. The molecule has 1 nitrogen and oxygen atoms in total. The van der Waals surface area contributed by atoms with Gasteiger partial charge in [0.2, 0.25) is 0 Å². The molecule has 0 N–H and O–H groups in total. The average Bonchev–Trinajstić information content (AvgIpc) is 2.26. The van der Waals surface area contributed by atoms with Crippen LogP contribution in [0.15, 0.2) is 42.5 Å². The summed E-state index contributed by atoms with van der Waals surface area (Å²) in [5.41, 5.74) is 4.08. The van der Waals surface area contributed by atoms with E-state index in [2.05, 4.69) is 4.74 Å². The van der Waals surface area contributed by atoms with Crippen molar-refractivity contribution in [3.05, 3.63) is 53.6 Å². The molecule has 0 unspecified atom stereocenters. The molecule has 100 valence electrons. The van der Waals surface area contributed by atoms with E-state index in [0.29, 0.717) is 0 Å². The van der Waals surface area contributed by atoms with Crippen molar-refractivity contribution in [2.45, 2.75) is 20.2 Å². The van der Waals surface area contributed by atoms with Crippen molar-refractivity contribution in [3.8, 4) is 16.9 Å². The van der Waals surface area contributed by atoms with E-state index in [1.54, 1.807) is 12.1 Å². The molecule has 0 saturated heterocycles. The first-order valence-corrected chi connectivity index (χ1v) is 5.78. The molecular formula is C15H13F3O. The van der Waals surface area contributed by atoms with Crippen LogP contribution < -0.4 is 4.74 Å². The van der Waals surface area contributed by atoms with Crippen LogP contribution in [0.2, 0.25) is 0 Å². The summed E-state index contributed by atoms with van der Waals surface area (Å²) in [5, 5.41) is 0. The zero-order valence-electron chi connectivity index (χ0n) is 10.6. The number of hydrogen-bond donors (Lipinski definition) is 0. The Bertz CT molecular complexity index is 551. The number of benzene rings is 2. The lowest BCUT2D eigenvalue weighted by molar-refractivity contribution is -0.274. The van der Waals surface area contributed by atoms with Gasteiger partial charge >= 0.3 is 6.36 Å². The van der Waals surface area contributed by atoms with E-state index in [1.165, 1.54) is 12.1 Å². The molecule has 4 heteroatoms. The Morgan fingerprint density at radius 3 is 1.79 bits per heavy atom.